The molecule has 1 atom stereocenters. The van der Waals surface area contributed by atoms with E-state index in [0.29, 0.717) is 4.96 Å². The summed E-state index contributed by atoms with van der Waals surface area (Å²) in [5, 5.41) is 15.1. The second-order valence-electron chi connectivity index (χ2n) is 7.72. The largest absolute Gasteiger partial charge is 0.497 e. The maximum Gasteiger partial charge on any atom is 0.230 e. The van der Waals surface area contributed by atoms with Crippen molar-refractivity contribution in [3.8, 4) is 11.6 Å². The van der Waals surface area contributed by atoms with Gasteiger partial charge < -0.3 is 9.84 Å². The first kappa shape index (κ1) is 20.0. The van der Waals surface area contributed by atoms with E-state index in [0.717, 1.165) is 48.9 Å². The first-order valence-corrected chi connectivity index (χ1v) is 11.2. The Labute approximate surface area is 185 Å². The number of piperazine rings is 1. The lowest BCUT2D eigenvalue weighted by Gasteiger charge is -2.39. The molecule has 1 aliphatic rings. The zero-order valence-corrected chi connectivity index (χ0v) is 18.2. The van der Waals surface area contributed by atoms with E-state index in [-0.39, 0.29) is 11.9 Å². The van der Waals surface area contributed by atoms with Crippen LogP contribution in [0.3, 0.4) is 0 Å². The van der Waals surface area contributed by atoms with E-state index in [1.54, 1.807) is 7.11 Å². The Morgan fingerprint density at radius 3 is 2.61 bits per heavy atom. The van der Waals surface area contributed by atoms with Gasteiger partial charge in [0.25, 0.3) is 0 Å². The topological polar surface area (TPSA) is 66.1 Å². The summed E-state index contributed by atoms with van der Waals surface area (Å²) in [6.07, 6.45) is 1.47. The van der Waals surface area contributed by atoms with Crippen LogP contribution in [0.25, 0.3) is 4.96 Å². The highest BCUT2D eigenvalue weighted by molar-refractivity contribution is 7.17. The first-order valence-electron chi connectivity index (χ1n) is 10.4. The summed E-state index contributed by atoms with van der Waals surface area (Å²) < 4.78 is 6.98. The fourth-order valence-electron chi connectivity index (χ4n) is 4.23. The third kappa shape index (κ3) is 4.01. The monoisotopic (exact) mass is 435 g/mol. The number of fused-ring (bicyclic) bond motifs is 1. The van der Waals surface area contributed by atoms with Crippen LogP contribution in [0.4, 0.5) is 0 Å². The minimum absolute atomic E-state index is 0.0810. The summed E-state index contributed by atoms with van der Waals surface area (Å²) in [6.45, 7) is 4.71. The first-order chi connectivity index (χ1) is 15.2. The predicted octanol–water partition coefficient (Wildman–Crippen LogP) is 3.41. The number of rotatable bonds is 6. The molecule has 0 bridgehead atoms. The number of aromatic nitrogens is 3. The molecule has 2 aromatic heterocycles. The second kappa shape index (κ2) is 8.66. The van der Waals surface area contributed by atoms with Crippen LogP contribution in [-0.4, -0.2) is 62.8 Å². The van der Waals surface area contributed by atoms with Crippen LogP contribution >= 0.6 is 11.3 Å². The standard InChI is InChI=1S/C23H25N5O2S/c1-30-19-9-5-8-18(14-19)20(21-22(29)28-23(31-21)24-16-25-28)27-12-10-26(11-13-27)15-17-6-3-2-4-7-17/h2-9,14,16,20,29H,10-13,15H2,1H3/t20-/m1/s1. The van der Waals surface area contributed by atoms with Gasteiger partial charge in [-0.25, -0.2) is 4.98 Å². The predicted molar refractivity (Wildman–Crippen MR) is 121 cm³/mol. The minimum Gasteiger partial charge on any atom is -0.497 e. The summed E-state index contributed by atoms with van der Waals surface area (Å²) in [7, 11) is 1.68. The summed E-state index contributed by atoms with van der Waals surface area (Å²) in [6, 6.07) is 18.6. The lowest BCUT2D eigenvalue weighted by atomic mass is 10.0. The minimum atomic E-state index is -0.0810. The Balaban J connectivity index is 1.42. The van der Waals surface area contributed by atoms with Crippen LogP contribution in [0.2, 0.25) is 0 Å². The Morgan fingerprint density at radius 1 is 1.06 bits per heavy atom. The molecule has 160 valence electrons. The van der Waals surface area contributed by atoms with Gasteiger partial charge in [0, 0.05) is 32.7 Å². The number of ether oxygens (including phenoxy) is 1. The molecule has 0 amide bonds. The van der Waals surface area contributed by atoms with Gasteiger partial charge in [0.05, 0.1) is 18.0 Å². The van der Waals surface area contributed by atoms with E-state index in [1.807, 2.05) is 12.1 Å². The molecule has 7 nitrogen and oxygen atoms in total. The van der Waals surface area contributed by atoms with Gasteiger partial charge in [0.15, 0.2) is 0 Å². The van der Waals surface area contributed by atoms with Gasteiger partial charge in [-0.2, -0.15) is 9.61 Å². The summed E-state index contributed by atoms with van der Waals surface area (Å²) in [5.74, 6) is 0.973. The number of thiazole rings is 1. The van der Waals surface area contributed by atoms with Crippen molar-refractivity contribution in [3.05, 3.63) is 76.9 Å². The van der Waals surface area contributed by atoms with Crippen molar-refractivity contribution in [2.45, 2.75) is 12.6 Å². The van der Waals surface area contributed by atoms with E-state index in [9.17, 15) is 5.11 Å². The van der Waals surface area contributed by atoms with Crippen molar-refractivity contribution in [1.82, 2.24) is 24.4 Å². The van der Waals surface area contributed by atoms with Crippen molar-refractivity contribution < 1.29 is 9.84 Å². The van der Waals surface area contributed by atoms with E-state index < -0.39 is 0 Å². The highest BCUT2D eigenvalue weighted by Crippen LogP contribution is 2.40. The molecule has 2 aromatic carbocycles. The Hall–Kier alpha value is -2.94. The molecule has 3 heterocycles. The molecule has 0 radical (unpaired) electrons. The molecule has 5 rings (SSSR count). The summed E-state index contributed by atoms with van der Waals surface area (Å²) >= 11 is 1.49. The van der Waals surface area contributed by atoms with Gasteiger partial charge in [-0.05, 0) is 23.3 Å². The highest BCUT2D eigenvalue weighted by atomic mass is 32.1. The van der Waals surface area contributed by atoms with Crippen molar-refractivity contribution in [2.24, 2.45) is 0 Å². The second-order valence-corrected chi connectivity index (χ2v) is 8.73. The lowest BCUT2D eigenvalue weighted by molar-refractivity contribution is 0.105. The molecule has 0 unspecified atom stereocenters. The highest BCUT2D eigenvalue weighted by Gasteiger charge is 2.31. The SMILES string of the molecule is COc1cccc([C@H](c2sc3ncnn3c2O)N2CCN(Cc3ccccc3)CC2)c1. The third-order valence-corrected chi connectivity index (χ3v) is 6.90. The number of hydrogen-bond acceptors (Lipinski definition) is 7. The average Bonchev–Trinajstić information content (AvgIpc) is 3.39. The Bertz CT molecular complexity index is 1150. The quantitative estimate of drug-likeness (QED) is 0.501. The summed E-state index contributed by atoms with van der Waals surface area (Å²) in [4.78, 5) is 10.7. The zero-order chi connectivity index (χ0) is 21.2. The van der Waals surface area contributed by atoms with Crippen LogP contribution < -0.4 is 4.74 Å². The molecule has 1 aliphatic heterocycles. The Morgan fingerprint density at radius 2 is 1.87 bits per heavy atom. The molecule has 8 heteroatoms. The molecule has 1 N–H and O–H groups in total. The van der Waals surface area contributed by atoms with Crippen LogP contribution in [0.15, 0.2) is 60.9 Å². The molecule has 0 spiro atoms. The lowest BCUT2D eigenvalue weighted by Crippen LogP contribution is -2.47. The molecular weight excluding hydrogens is 410 g/mol. The van der Waals surface area contributed by atoms with Gasteiger partial charge in [-0.15, -0.1) is 0 Å². The van der Waals surface area contributed by atoms with E-state index in [1.165, 1.54) is 27.7 Å². The van der Waals surface area contributed by atoms with Gasteiger partial charge in [0.1, 0.15) is 12.1 Å². The normalized spacial score (nSPS) is 16.5. The van der Waals surface area contributed by atoms with E-state index in [2.05, 4.69) is 62.3 Å². The number of nitrogens with zero attached hydrogens (tertiary/aromatic N) is 5. The van der Waals surface area contributed by atoms with Gasteiger partial charge in [-0.1, -0.05) is 53.8 Å². The maximum absolute atomic E-state index is 10.9. The molecule has 4 aromatic rings. The van der Waals surface area contributed by atoms with Crippen molar-refractivity contribution in [2.75, 3.05) is 33.3 Å². The van der Waals surface area contributed by atoms with Crippen molar-refractivity contribution in [1.29, 1.82) is 0 Å². The Kier molecular flexibility index (Phi) is 5.59. The zero-order valence-electron chi connectivity index (χ0n) is 17.4. The number of methoxy groups -OCH3 is 1. The number of hydrogen-bond donors (Lipinski definition) is 1. The van der Waals surface area contributed by atoms with Gasteiger partial charge in [-0.3, -0.25) is 9.80 Å². The maximum atomic E-state index is 10.9. The van der Waals surface area contributed by atoms with Crippen molar-refractivity contribution >= 4 is 16.3 Å². The smallest absolute Gasteiger partial charge is 0.230 e. The molecule has 0 aliphatic carbocycles. The molecule has 1 fully saturated rings. The van der Waals surface area contributed by atoms with Crippen molar-refractivity contribution in [3.63, 3.8) is 0 Å². The molecule has 1 saturated heterocycles. The average molecular weight is 436 g/mol. The van der Waals surface area contributed by atoms with E-state index in [4.69, 9.17) is 4.74 Å². The third-order valence-electron chi connectivity index (χ3n) is 5.82. The van der Waals surface area contributed by atoms with Gasteiger partial charge >= 0.3 is 0 Å². The van der Waals surface area contributed by atoms with Gasteiger partial charge in [0.2, 0.25) is 10.8 Å². The molecule has 0 saturated carbocycles. The molecular formula is C23H25N5O2S. The fraction of sp³-hybridized carbons (Fsp3) is 0.304. The van der Waals surface area contributed by atoms with Crippen LogP contribution in [0, 0.1) is 0 Å². The summed E-state index contributed by atoms with van der Waals surface area (Å²) in [5.41, 5.74) is 2.43. The number of aromatic hydroxyl groups is 1. The fourth-order valence-corrected chi connectivity index (χ4v) is 5.32. The van der Waals surface area contributed by atoms with Crippen LogP contribution in [0.5, 0.6) is 11.6 Å². The molecule has 31 heavy (non-hydrogen) atoms. The van der Waals surface area contributed by atoms with Crippen LogP contribution in [-0.2, 0) is 6.54 Å². The van der Waals surface area contributed by atoms with Crippen LogP contribution in [0.1, 0.15) is 22.0 Å². The van der Waals surface area contributed by atoms with E-state index >= 15 is 0 Å². The number of benzene rings is 2.